The summed E-state index contributed by atoms with van der Waals surface area (Å²) in [6.07, 6.45) is 2.90. The van der Waals surface area contributed by atoms with Crippen molar-refractivity contribution in [3.63, 3.8) is 0 Å². The Bertz CT molecular complexity index is 894. The highest BCUT2D eigenvalue weighted by molar-refractivity contribution is 5.79. The Morgan fingerprint density at radius 3 is 2.30 bits per heavy atom. The lowest BCUT2D eigenvalue weighted by atomic mass is 10.1. The number of aliphatic carboxylic acids is 1. The van der Waals surface area contributed by atoms with E-state index in [1.807, 2.05) is 31.2 Å². The van der Waals surface area contributed by atoms with E-state index in [1.165, 1.54) is 0 Å². The molecule has 0 aliphatic heterocycles. The molecular weight excluding hydrogens is 346 g/mol. The van der Waals surface area contributed by atoms with Crippen LogP contribution in [0.25, 0.3) is 11.0 Å². The number of carbonyl (C=O) groups excluding carboxylic acids is 1. The van der Waals surface area contributed by atoms with Crippen LogP contribution in [0.5, 0.6) is 0 Å². The molecule has 1 N–H and O–H groups in total. The topological polar surface area (TPSA) is 84.5 Å². The smallest absolute Gasteiger partial charge is 0.329 e. The fourth-order valence-corrected chi connectivity index (χ4v) is 3.49. The molecule has 0 spiro atoms. The number of hydrogen-bond acceptors (Lipinski definition) is 3. The number of fused-ring (bicyclic) bond motifs is 1. The van der Waals surface area contributed by atoms with Gasteiger partial charge in [-0.05, 0) is 31.4 Å². The van der Waals surface area contributed by atoms with Crippen LogP contribution in [0.3, 0.4) is 0 Å². The van der Waals surface area contributed by atoms with Gasteiger partial charge in [-0.3, -0.25) is 18.7 Å². The Morgan fingerprint density at radius 2 is 1.78 bits per heavy atom. The SMILES string of the molecule is CCCn1c(=O)n(CCC(=O)N(CC(C)C(=O)O)C2CC2)c2ccccc21. The fraction of sp³-hybridized carbons (Fsp3) is 0.550. The Balaban J connectivity index is 1.77. The summed E-state index contributed by atoms with van der Waals surface area (Å²) in [6, 6.07) is 7.78. The van der Waals surface area contributed by atoms with Gasteiger partial charge < -0.3 is 10.0 Å². The first-order chi connectivity index (χ1) is 12.9. The average Bonchev–Trinajstić information content (AvgIpc) is 3.45. The number of nitrogens with zero attached hydrogens (tertiary/aromatic N) is 3. The van der Waals surface area contributed by atoms with E-state index in [9.17, 15) is 14.4 Å². The van der Waals surface area contributed by atoms with Crippen molar-refractivity contribution in [1.82, 2.24) is 14.0 Å². The molecular formula is C20H27N3O4. The number of benzene rings is 1. The van der Waals surface area contributed by atoms with Crippen LogP contribution in [-0.4, -0.2) is 43.6 Å². The van der Waals surface area contributed by atoms with Crippen LogP contribution >= 0.6 is 0 Å². The minimum atomic E-state index is -0.896. The maximum atomic E-state index is 12.8. The molecule has 1 atom stereocenters. The molecule has 1 aromatic carbocycles. The summed E-state index contributed by atoms with van der Waals surface area (Å²) < 4.78 is 3.42. The normalized spacial score (nSPS) is 15.0. The third-order valence-electron chi connectivity index (χ3n) is 5.12. The van der Waals surface area contributed by atoms with Crippen LogP contribution in [0.4, 0.5) is 0 Å². The molecule has 1 saturated carbocycles. The van der Waals surface area contributed by atoms with Gasteiger partial charge in [-0.25, -0.2) is 4.79 Å². The zero-order valence-corrected chi connectivity index (χ0v) is 15.9. The number of carboxylic acids is 1. The van der Waals surface area contributed by atoms with E-state index in [-0.39, 0.29) is 30.6 Å². The molecule has 2 aromatic rings. The van der Waals surface area contributed by atoms with Crippen molar-refractivity contribution in [1.29, 1.82) is 0 Å². The van der Waals surface area contributed by atoms with Crippen molar-refractivity contribution in [2.45, 2.75) is 58.7 Å². The number of rotatable bonds is 9. The van der Waals surface area contributed by atoms with Crippen LogP contribution < -0.4 is 5.69 Å². The van der Waals surface area contributed by atoms with Gasteiger partial charge in [0.2, 0.25) is 5.91 Å². The van der Waals surface area contributed by atoms with Crippen LogP contribution in [0.1, 0.15) is 39.5 Å². The molecule has 1 unspecified atom stereocenters. The second-order valence-electron chi connectivity index (χ2n) is 7.34. The minimum Gasteiger partial charge on any atom is -0.481 e. The van der Waals surface area contributed by atoms with E-state index < -0.39 is 11.9 Å². The Labute approximate surface area is 158 Å². The zero-order chi connectivity index (χ0) is 19.6. The van der Waals surface area contributed by atoms with Gasteiger partial charge >= 0.3 is 11.7 Å². The number of aromatic nitrogens is 2. The number of carbonyl (C=O) groups is 2. The highest BCUT2D eigenvalue weighted by atomic mass is 16.4. The molecule has 1 fully saturated rings. The van der Waals surface area contributed by atoms with Crippen molar-refractivity contribution in [2.75, 3.05) is 6.54 Å². The number of hydrogen-bond donors (Lipinski definition) is 1. The number of aryl methyl sites for hydroxylation is 2. The van der Waals surface area contributed by atoms with Gasteiger partial charge in [0.05, 0.1) is 17.0 Å². The highest BCUT2D eigenvalue weighted by Gasteiger charge is 2.34. The number of para-hydroxylation sites is 2. The predicted octanol–water partition coefficient (Wildman–Crippen LogP) is 2.31. The monoisotopic (exact) mass is 373 g/mol. The molecule has 27 heavy (non-hydrogen) atoms. The van der Waals surface area contributed by atoms with Gasteiger partial charge in [0.1, 0.15) is 0 Å². The summed E-state index contributed by atoms with van der Waals surface area (Å²) in [5.41, 5.74) is 1.62. The summed E-state index contributed by atoms with van der Waals surface area (Å²) in [4.78, 5) is 38.4. The molecule has 146 valence electrons. The first-order valence-electron chi connectivity index (χ1n) is 9.64. The van der Waals surface area contributed by atoms with Crippen molar-refractivity contribution >= 4 is 22.9 Å². The molecule has 1 aliphatic rings. The Kier molecular flexibility index (Phi) is 5.68. The quantitative estimate of drug-likeness (QED) is 0.731. The van der Waals surface area contributed by atoms with Crippen molar-refractivity contribution in [3.05, 3.63) is 34.7 Å². The first-order valence-corrected chi connectivity index (χ1v) is 9.64. The molecule has 1 aromatic heterocycles. The van der Waals surface area contributed by atoms with Gasteiger partial charge in [0.15, 0.2) is 0 Å². The molecule has 1 heterocycles. The second kappa shape index (κ2) is 7.98. The fourth-order valence-electron chi connectivity index (χ4n) is 3.49. The van der Waals surface area contributed by atoms with Crippen LogP contribution in [0, 0.1) is 5.92 Å². The standard InChI is InChI=1S/C20H27N3O4/c1-3-11-21-16-6-4-5-7-17(16)22(20(21)27)12-10-18(24)23(15-8-9-15)13-14(2)19(25)26/h4-7,14-15H,3,8-13H2,1-2H3,(H,25,26). The van der Waals surface area contributed by atoms with Gasteiger partial charge in [-0.15, -0.1) is 0 Å². The van der Waals surface area contributed by atoms with Crippen molar-refractivity contribution < 1.29 is 14.7 Å². The van der Waals surface area contributed by atoms with Gasteiger partial charge in [-0.2, -0.15) is 0 Å². The lowest BCUT2D eigenvalue weighted by molar-refractivity contribution is -0.143. The number of imidazole rings is 1. The summed E-state index contributed by atoms with van der Waals surface area (Å²) in [6.45, 7) is 4.82. The average molecular weight is 373 g/mol. The summed E-state index contributed by atoms with van der Waals surface area (Å²) in [5, 5.41) is 9.14. The maximum absolute atomic E-state index is 12.8. The predicted molar refractivity (Wildman–Crippen MR) is 103 cm³/mol. The van der Waals surface area contributed by atoms with E-state index in [0.717, 1.165) is 30.3 Å². The third-order valence-corrected chi connectivity index (χ3v) is 5.12. The largest absolute Gasteiger partial charge is 0.481 e. The highest BCUT2D eigenvalue weighted by Crippen LogP contribution is 2.28. The zero-order valence-electron chi connectivity index (χ0n) is 15.9. The Hall–Kier alpha value is -2.57. The molecule has 7 heteroatoms. The number of carboxylic acid groups (broad SMARTS) is 1. The lowest BCUT2D eigenvalue weighted by Gasteiger charge is -2.24. The van der Waals surface area contributed by atoms with Crippen molar-refractivity contribution in [2.24, 2.45) is 5.92 Å². The summed E-state index contributed by atoms with van der Waals surface area (Å²) in [5.74, 6) is -1.57. The van der Waals surface area contributed by atoms with Crippen LogP contribution in [-0.2, 0) is 22.7 Å². The minimum absolute atomic E-state index is 0.0789. The molecule has 0 bridgehead atoms. The maximum Gasteiger partial charge on any atom is 0.329 e. The van der Waals surface area contributed by atoms with E-state index >= 15 is 0 Å². The summed E-state index contributed by atoms with van der Waals surface area (Å²) >= 11 is 0. The van der Waals surface area contributed by atoms with Gasteiger partial charge in [0.25, 0.3) is 0 Å². The lowest BCUT2D eigenvalue weighted by Crippen LogP contribution is -2.39. The van der Waals surface area contributed by atoms with Gasteiger partial charge in [0, 0.05) is 32.1 Å². The molecule has 1 amide bonds. The number of amides is 1. The van der Waals surface area contributed by atoms with Crippen molar-refractivity contribution in [3.8, 4) is 0 Å². The van der Waals surface area contributed by atoms with E-state index in [2.05, 4.69) is 0 Å². The summed E-state index contributed by atoms with van der Waals surface area (Å²) in [7, 11) is 0. The van der Waals surface area contributed by atoms with Crippen LogP contribution in [0.2, 0.25) is 0 Å². The third kappa shape index (κ3) is 4.07. The van der Waals surface area contributed by atoms with Gasteiger partial charge in [-0.1, -0.05) is 26.0 Å². The molecule has 1 aliphatic carbocycles. The van der Waals surface area contributed by atoms with E-state index in [1.54, 1.807) is 21.0 Å². The molecule has 0 radical (unpaired) electrons. The molecule has 3 rings (SSSR count). The second-order valence-corrected chi connectivity index (χ2v) is 7.34. The Morgan fingerprint density at radius 1 is 1.19 bits per heavy atom. The van der Waals surface area contributed by atoms with E-state index in [4.69, 9.17) is 5.11 Å². The van der Waals surface area contributed by atoms with E-state index in [0.29, 0.717) is 13.1 Å². The molecule has 0 saturated heterocycles. The first kappa shape index (κ1) is 19.2. The van der Waals surface area contributed by atoms with Crippen LogP contribution in [0.15, 0.2) is 29.1 Å². The molecule has 7 nitrogen and oxygen atoms in total.